The fraction of sp³-hybridized carbons (Fsp3) is 0. The maximum absolute atomic E-state index is 12.7. The molecule has 2 aromatic rings. The van der Waals surface area contributed by atoms with Crippen molar-refractivity contribution in [2.75, 3.05) is 0 Å². The summed E-state index contributed by atoms with van der Waals surface area (Å²) in [5.41, 5.74) is 0. The fourth-order valence-electron chi connectivity index (χ4n) is 1.03. The van der Waals surface area contributed by atoms with Gasteiger partial charge in [0, 0.05) is 18.2 Å². The second kappa shape index (κ2) is 3.75. The van der Waals surface area contributed by atoms with Crippen molar-refractivity contribution >= 4 is 11.3 Å². The van der Waals surface area contributed by atoms with Gasteiger partial charge in [0.05, 0.1) is 0 Å². The molecule has 0 spiro atoms. The van der Waals surface area contributed by atoms with Crippen molar-refractivity contribution in [2.45, 2.75) is 0 Å². The molecule has 72 valence electrons. The molecule has 0 bridgehead atoms. The number of thiophene rings is 1. The van der Waals surface area contributed by atoms with E-state index in [9.17, 15) is 8.78 Å². The topological polar surface area (TPSA) is 9.23 Å². The van der Waals surface area contributed by atoms with E-state index in [1.54, 1.807) is 12.1 Å². The van der Waals surface area contributed by atoms with Crippen LogP contribution >= 0.6 is 11.3 Å². The Morgan fingerprint density at radius 2 is 1.79 bits per heavy atom. The fourth-order valence-corrected chi connectivity index (χ4v) is 1.62. The monoisotopic (exact) mass is 212 g/mol. The third kappa shape index (κ3) is 2.09. The lowest BCUT2D eigenvalue weighted by Gasteiger charge is -2.02. The summed E-state index contributed by atoms with van der Waals surface area (Å²) in [6.45, 7) is 0. The molecule has 0 aliphatic heterocycles. The highest BCUT2D eigenvalue weighted by Gasteiger charge is 2.02. The van der Waals surface area contributed by atoms with E-state index in [2.05, 4.69) is 0 Å². The summed E-state index contributed by atoms with van der Waals surface area (Å²) in [4.78, 5) is 0. The highest BCUT2D eigenvalue weighted by atomic mass is 32.1. The van der Waals surface area contributed by atoms with Gasteiger partial charge < -0.3 is 4.74 Å². The Labute approximate surface area is 83.6 Å². The zero-order valence-electron chi connectivity index (χ0n) is 7.04. The highest BCUT2D eigenvalue weighted by Crippen LogP contribution is 2.26. The van der Waals surface area contributed by atoms with Crippen LogP contribution in [0.3, 0.4) is 0 Å². The number of hydrogen-bond donors (Lipinski definition) is 0. The first-order valence-corrected chi connectivity index (χ1v) is 4.79. The minimum Gasteiger partial charge on any atom is -0.446 e. The Bertz CT molecular complexity index is 405. The third-order valence-corrected chi connectivity index (χ3v) is 2.29. The van der Waals surface area contributed by atoms with Crippen LogP contribution in [-0.4, -0.2) is 0 Å². The molecule has 4 heteroatoms. The van der Waals surface area contributed by atoms with E-state index in [1.165, 1.54) is 11.3 Å². The van der Waals surface area contributed by atoms with Crippen LogP contribution in [0.2, 0.25) is 0 Å². The molecule has 0 aliphatic carbocycles. The second-order valence-electron chi connectivity index (χ2n) is 2.64. The van der Waals surface area contributed by atoms with E-state index in [0.717, 1.165) is 18.2 Å². The maximum Gasteiger partial charge on any atom is 0.180 e. The molecule has 0 saturated carbocycles. The second-order valence-corrected chi connectivity index (χ2v) is 3.55. The molecule has 1 nitrogen and oxygen atoms in total. The van der Waals surface area contributed by atoms with Crippen molar-refractivity contribution in [3.63, 3.8) is 0 Å². The molecular weight excluding hydrogens is 206 g/mol. The van der Waals surface area contributed by atoms with E-state index in [-0.39, 0.29) is 5.75 Å². The minimum absolute atomic E-state index is 0.171. The summed E-state index contributed by atoms with van der Waals surface area (Å²) in [5.74, 6) is -1.11. The van der Waals surface area contributed by atoms with Gasteiger partial charge in [0.2, 0.25) is 0 Å². The minimum atomic E-state index is -0.642. The predicted molar refractivity (Wildman–Crippen MR) is 50.8 cm³/mol. The van der Waals surface area contributed by atoms with Gasteiger partial charge >= 0.3 is 0 Å². The number of benzene rings is 1. The van der Waals surface area contributed by atoms with Gasteiger partial charge in [0.25, 0.3) is 0 Å². The highest BCUT2D eigenvalue weighted by molar-refractivity contribution is 7.11. The first-order chi connectivity index (χ1) is 6.74. The van der Waals surface area contributed by atoms with Crippen molar-refractivity contribution in [1.82, 2.24) is 0 Å². The van der Waals surface area contributed by atoms with Crippen LogP contribution in [0, 0.1) is 11.6 Å². The molecule has 0 amide bonds. The summed E-state index contributed by atoms with van der Waals surface area (Å²) in [5, 5.41) is 2.43. The quantitative estimate of drug-likeness (QED) is 0.735. The lowest BCUT2D eigenvalue weighted by molar-refractivity contribution is 0.480. The normalized spacial score (nSPS) is 10.1. The molecule has 14 heavy (non-hydrogen) atoms. The van der Waals surface area contributed by atoms with Gasteiger partial charge in [0.15, 0.2) is 5.06 Å². The van der Waals surface area contributed by atoms with Crippen LogP contribution < -0.4 is 4.74 Å². The van der Waals surface area contributed by atoms with E-state index in [1.807, 2.05) is 5.38 Å². The average Bonchev–Trinajstić information content (AvgIpc) is 2.54. The maximum atomic E-state index is 12.7. The molecule has 0 unspecified atom stereocenters. The van der Waals surface area contributed by atoms with E-state index >= 15 is 0 Å². The summed E-state index contributed by atoms with van der Waals surface area (Å²) < 4.78 is 30.7. The number of halogens is 2. The summed E-state index contributed by atoms with van der Waals surface area (Å²) >= 11 is 1.36. The van der Waals surface area contributed by atoms with E-state index < -0.39 is 11.6 Å². The van der Waals surface area contributed by atoms with Gasteiger partial charge in [0.1, 0.15) is 17.4 Å². The molecule has 2 rings (SSSR count). The van der Waals surface area contributed by atoms with Gasteiger partial charge in [-0.1, -0.05) is 0 Å². The molecule has 1 heterocycles. The van der Waals surface area contributed by atoms with Crippen LogP contribution in [0.25, 0.3) is 0 Å². The van der Waals surface area contributed by atoms with Crippen LogP contribution in [0.5, 0.6) is 10.8 Å². The van der Waals surface area contributed by atoms with Crippen molar-refractivity contribution in [2.24, 2.45) is 0 Å². The molecule has 0 saturated heterocycles. The molecule has 0 aliphatic rings. The van der Waals surface area contributed by atoms with E-state index in [0.29, 0.717) is 5.06 Å². The van der Waals surface area contributed by atoms with Gasteiger partial charge in [-0.15, -0.1) is 11.3 Å². The standard InChI is InChI=1S/C10H6F2OS/c11-7-4-8(12)6-9(5-7)13-10-2-1-3-14-10/h1-6H. The molecule has 1 aromatic heterocycles. The zero-order chi connectivity index (χ0) is 9.97. The van der Waals surface area contributed by atoms with Gasteiger partial charge in [-0.05, 0) is 17.5 Å². The first-order valence-electron chi connectivity index (χ1n) is 3.91. The van der Waals surface area contributed by atoms with Crippen molar-refractivity contribution in [3.8, 4) is 10.8 Å². The average molecular weight is 212 g/mol. The molecule has 0 fully saturated rings. The van der Waals surface area contributed by atoms with Crippen LogP contribution in [-0.2, 0) is 0 Å². The van der Waals surface area contributed by atoms with Gasteiger partial charge in [-0.25, -0.2) is 8.78 Å². The zero-order valence-corrected chi connectivity index (χ0v) is 7.85. The van der Waals surface area contributed by atoms with Gasteiger partial charge in [-0.2, -0.15) is 0 Å². The number of rotatable bonds is 2. The summed E-state index contributed by atoms with van der Waals surface area (Å²) in [6.07, 6.45) is 0. The molecule has 0 N–H and O–H groups in total. The molecule has 1 aromatic carbocycles. The van der Waals surface area contributed by atoms with E-state index in [4.69, 9.17) is 4.74 Å². The summed E-state index contributed by atoms with van der Waals surface area (Å²) in [6, 6.07) is 6.62. The first kappa shape index (κ1) is 9.15. The Kier molecular flexibility index (Phi) is 2.45. The molecular formula is C10H6F2OS. The Morgan fingerprint density at radius 3 is 2.36 bits per heavy atom. The largest absolute Gasteiger partial charge is 0.446 e. The van der Waals surface area contributed by atoms with Crippen molar-refractivity contribution in [1.29, 1.82) is 0 Å². The Hall–Kier alpha value is -1.42. The molecule has 0 radical (unpaired) electrons. The SMILES string of the molecule is Fc1cc(F)cc(Oc2cccs2)c1. The predicted octanol–water partition coefficient (Wildman–Crippen LogP) is 3.82. The summed E-state index contributed by atoms with van der Waals surface area (Å²) in [7, 11) is 0. The lowest BCUT2D eigenvalue weighted by atomic mass is 10.3. The van der Waals surface area contributed by atoms with Gasteiger partial charge in [-0.3, -0.25) is 0 Å². The Morgan fingerprint density at radius 1 is 1.07 bits per heavy atom. The van der Waals surface area contributed by atoms with Crippen LogP contribution in [0.15, 0.2) is 35.7 Å². The van der Waals surface area contributed by atoms with Crippen LogP contribution in [0.4, 0.5) is 8.78 Å². The third-order valence-electron chi connectivity index (χ3n) is 1.55. The number of hydrogen-bond acceptors (Lipinski definition) is 2. The van der Waals surface area contributed by atoms with Crippen molar-refractivity contribution in [3.05, 3.63) is 47.3 Å². The van der Waals surface area contributed by atoms with Crippen molar-refractivity contribution < 1.29 is 13.5 Å². The molecule has 0 atom stereocenters. The lowest BCUT2D eigenvalue weighted by Crippen LogP contribution is -1.85. The number of ether oxygens (including phenoxy) is 1. The van der Waals surface area contributed by atoms with Crippen LogP contribution in [0.1, 0.15) is 0 Å². The Balaban J connectivity index is 2.25. The smallest absolute Gasteiger partial charge is 0.180 e.